The van der Waals surface area contributed by atoms with Crippen molar-refractivity contribution < 1.29 is 17.6 Å². The van der Waals surface area contributed by atoms with E-state index < -0.39 is 27.0 Å². The van der Waals surface area contributed by atoms with E-state index in [1.165, 1.54) is 30.5 Å². The van der Waals surface area contributed by atoms with Crippen molar-refractivity contribution in [3.05, 3.63) is 69.9 Å². The molecule has 2 aliphatic heterocycles. The molecule has 2 saturated heterocycles. The summed E-state index contributed by atoms with van der Waals surface area (Å²) in [6.07, 6.45) is 1.31. The molecule has 0 bridgehead atoms. The van der Waals surface area contributed by atoms with E-state index >= 15 is 0 Å². The van der Waals surface area contributed by atoms with Gasteiger partial charge in [-0.25, -0.2) is 12.8 Å². The number of aromatic amines is 1. The fourth-order valence-corrected chi connectivity index (χ4v) is 6.40. The number of likely N-dealkylation sites (tertiary alicyclic amines) is 1. The predicted octanol–water partition coefficient (Wildman–Crippen LogP) is 0.541. The Morgan fingerprint density at radius 1 is 1.18 bits per heavy atom. The Morgan fingerprint density at radius 2 is 1.93 bits per heavy atom. The van der Waals surface area contributed by atoms with Gasteiger partial charge in [-0.3, -0.25) is 14.5 Å². The first-order valence-corrected chi connectivity index (χ1v) is 10.7. The van der Waals surface area contributed by atoms with Crippen LogP contribution >= 0.6 is 0 Å². The quantitative estimate of drug-likeness (QED) is 0.774. The highest BCUT2D eigenvalue weighted by atomic mass is 32.2. The number of hydrogen-bond acceptors (Lipinski definition) is 5. The molecule has 9 heteroatoms. The smallest absolute Gasteiger partial charge is 0.253 e. The molecule has 1 aromatic carbocycles. The topological polar surface area (TPSA) is 99.3 Å². The van der Waals surface area contributed by atoms with E-state index in [4.69, 9.17) is 0 Å². The van der Waals surface area contributed by atoms with E-state index in [1.807, 2.05) is 4.90 Å². The van der Waals surface area contributed by atoms with Crippen LogP contribution in [0.15, 0.2) is 47.4 Å². The summed E-state index contributed by atoms with van der Waals surface area (Å²) in [6, 6.07) is 8.33. The van der Waals surface area contributed by atoms with Crippen LogP contribution in [0.3, 0.4) is 0 Å². The van der Waals surface area contributed by atoms with Crippen LogP contribution < -0.4 is 10.9 Å². The predicted molar refractivity (Wildman–Crippen MR) is 101 cm³/mol. The Balaban J connectivity index is 1.47. The van der Waals surface area contributed by atoms with Gasteiger partial charge in [-0.1, -0.05) is 12.1 Å². The monoisotopic (exact) mass is 405 g/mol. The van der Waals surface area contributed by atoms with Gasteiger partial charge in [0.15, 0.2) is 9.84 Å². The fourth-order valence-electron chi connectivity index (χ4n) is 4.07. The van der Waals surface area contributed by atoms with Gasteiger partial charge >= 0.3 is 0 Å². The summed E-state index contributed by atoms with van der Waals surface area (Å²) >= 11 is 0. The van der Waals surface area contributed by atoms with Crippen molar-refractivity contribution in [2.75, 3.05) is 18.8 Å². The van der Waals surface area contributed by atoms with Gasteiger partial charge in [0.2, 0.25) is 5.56 Å². The zero-order valence-corrected chi connectivity index (χ0v) is 15.8. The summed E-state index contributed by atoms with van der Waals surface area (Å²) in [5, 5.41) is 2.30. The molecule has 28 heavy (non-hydrogen) atoms. The van der Waals surface area contributed by atoms with Gasteiger partial charge in [-0.15, -0.1) is 0 Å². The van der Waals surface area contributed by atoms with Gasteiger partial charge in [-0.2, -0.15) is 0 Å². The normalized spacial score (nSPS) is 26.1. The molecular formula is C19H20FN3O4S. The van der Waals surface area contributed by atoms with Crippen LogP contribution in [0.2, 0.25) is 0 Å². The van der Waals surface area contributed by atoms with E-state index in [-0.39, 0.29) is 28.6 Å². The highest BCUT2D eigenvalue weighted by Crippen LogP contribution is 2.34. The first kappa shape index (κ1) is 18.8. The first-order chi connectivity index (χ1) is 13.3. The van der Waals surface area contributed by atoms with E-state index in [2.05, 4.69) is 10.3 Å². The van der Waals surface area contributed by atoms with Gasteiger partial charge in [-0.05, 0) is 23.8 Å². The lowest BCUT2D eigenvalue weighted by atomic mass is 10.00. The van der Waals surface area contributed by atoms with Crippen LogP contribution in [-0.2, 0) is 16.4 Å². The molecule has 0 radical (unpaired) electrons. The molecule has 3 heterocycles. The molecule has 0 saturated carbocycles. The summed E-state index contributed by atoms with van der Waals surface area (Å²) < 4.78 is 38.2. The molecule has 0 aliphatic carbocycles. The number of carbonyl (C=O) groups is 1. The Morgan fingerprint density at radius 3 is 2.61 bits per heavy atom. The van der Waals surface area contributed by atoms with E-state index in [1.54, 1.807) is 12.1 Å². The van der Waals surface area contributed by atoms with Gasteiger partial charge in [0, 0.05) is 43.9 Å². The SMILES string of the molecule is O=C(N[C@@H]1CS(=O)(=O)[C@H]2CN(Cc3ccc(F)cc3)C[C@@H]12)c1ccc(=O)[nH]c1. The molecular weight excluding hydrogens is 385 g/mol. The Kier molecular flexibility index (Phi) is 4.80. The summed E-state index contributed by atoms with van der Waals surface area (Å²) in [7, 11) is -3.31. The molecule has 1 aromatic heterocycles. The number of halogens is 1. The number of hydrogen-bond donors (Lipinski definition) is 2. The fraction of sp³-hybridized carbons (Fsp3) is 0.368. The minimum atomic E-state index is -3.31. The van der Waals surface area contributed by atoms with Gasteiger partial charge in [0.25, 0.3) is 5.91 Å². The standard InChI is InChI=1S/C19H20FN3O4S/c20-14-4-1-12(2-5-14)8-23-9-15-16(11-28(26,27)17(15)10-23)22-19(25)13-3-6-18(24)21-7-13/h1-7,15-17H,8-11H2,(H,21,24)(H,22,25)/t15-,16+,17-/m0/s1. The number of fused-ring (bicyclic) bond motifs is 1. The lowest BCUT2D eigenvalue weighted by Gasteiger charge is -2.21. The number of benzene rings is 1. The number of rotatable bonds is 4. The number of sulfone groups is 1. The Labute approximate surface area is 161 Å². The first-order valence-electron chi connectivity index (χ1n) is 9.00. The van der Waals surface area contributed by atoms with E-state index in [0.29, 0.717) is 19.6 Å². The van der Waals surface area contributed by atoms with E-state index in [0.717, 1.165) is 5.56 Å². The number of amides is 1. The lowest BCUT2D eigenvalue weighted by molar-refractivity contribution is 0.0930. The number of aromatic nitrogens is 1. The molecule has 2 fully saturated rings. The maximum absolute atomic E-state index is 13.1. The van der Waals surface area contributed by atoms with Crippen LogP contribution in [0.25, 0.3) is 0 Å². The maximum atomic E-state index is 13.1. The van der Waals surface area contributed by atoms with E-state index in [9.17, 15) is 22.4 Å². The summed E-state index contributed by atoms with van der Waals surface area (Å²) in [6.45, 7) is 1.47. The van der Waals surface area contributed by atoms with Crippen LogP contribution in [-0.4, -0.2) is 54.3 Å². The Bertz CT molecular complexity index is 1030. The number of carbonyl (C=O) groups excluding carboxylic acids is 1. The van der Waals surface area contributed by atoms with Gasteiger partial charge in [0.1, 0.15) is 5.82 Å². The average Bonchev–Trinajstić information content (AvgIpc) is 3.17. The minimum absolute atomic E-state index is 0.0815. The van der Waals surface area contributed by atoms with Gasteiger partial charge < -0.3 is 10.3 Å². The molecule has 1 amide bonds. The second-order valence-electron chi connectivity index (χ2n) is 7.37. The zero-order chi connectivity index (χ0) is 19.9. The molecule has 2 aliphatic rings. The molecule has 2 aromatic rings. The molecule has 4 rings (SSSR count). The lowest BCUT2D eigenvalue weighted by Crippen LogP contribution is -2.42. The van der Waals surface area contributed by atoms with Crippen molar-refractivity contribution in [1.29, 1.82) is 0 Å². The third kappa shape index (κ3) is 3.72. The Hall–Kier alpha value is -2.52. The van der Waals surface area contributed by atoms with Crippen molar-refractivity contribution >= 4 is 15.7 Å². The molecule has 148 valence electrons. The number of nitrogens with zero attached hydrogens (tertiary/aromatic N) is 1. The molecule has 0 unspecified atom stereocenters. The third-order valence-electron chi connectivity index (χ3n) is 5.46. The van der Waals surface area contributed by atoms with Crippen molar-refractivity contribution in [2.45, 2.75) is 17.8 Å². The number of pyridine rings is 1. The summed E-state index contributed by atoms with van der Waals surface area (Å²) in [5.41, 5.74) is 0.876. The summed E-state index contributed by atoms with van der Waals surface area (Å²) in [5.74, 6) is -0.997. The molecule has 0 spiro atoms. The van der Waals surface area contributed by atoms with Crippen LogP contribution in [0, 0.1) is 11.7 Å². The maximum Gasteiger partial charge on any atom is 0.253 e. The second-order valence-corrected chi connectivity index (χ2v) is 9.64. The van der Waals surface area contributed by atoms with Gasteiger partial charge in [0.05, 0.1) is 16.6 Å². The van der Waals surface area contributed by atoms with Crippen molar-refractivity contribution in [2.24, 2.45) is 5.92 Å². The molecule has 3 atom stereocenters. The highest BCUT2D eigenvalue weighted by Gasteiger charge is 2.52. The molecule has 2 N–H and O–H groups in total. The largest absolute Gasteiger partial charge is 0.348 e. The van der Waals surface area contributed by atoms with Crippen LogP contribution in [0.4, 0.5) is 4.39 Å². The van der Waals surface area contributed by atoms with Crippen LogP contribution in [0.5, 0.6) is 0 Å². The van der Waals surface area contributed by atoms with Crippen LogP contribution in [0.1, 0.15) is 15.9 Å². The van der Waals surface area contributed by atoms with Crippen molar-refractivity contribution in [3.8, 4) is 0 Å². The number of H-pyrrole nitrogens is 1. The van der Waals surface area contributed by atoms with Crippen molar-refractivity contribution in [1.82, 2.24) is 15.2 Å². The third-order valence-corrected chi connectivity index (χ3v) is 7.70. The van der Waals surface area contributed by atoms with Crippen molar-refractivity contribution in [3.63, 3.8) is 0 Å². The minimum Gasteiger partial charge on any atom is -0.348 e. The average molecular weight is 405 g/mol. The molecule has 7 nitrogen and oxygen atoms in total. The highest BCUT2D eigenvalue weighted by molar-refractivity contribution is 7.92. The summed E-state index contributed by atoms with van der Waals surface area (Å²) in [4.78, 5) is 28.0. The second kappa shape index (κ2) is 7.14. The number of nitrogens with one attached hydrogen (secondary N) is 2. The zero-order valence-electron chi connectivity index (χ0n) is 15.0.